The number of fused-ring (bicyclic) bond motifs is 1. The number of rotatable bonds is 8. The second-order valence-corrected chi connectivity index (χ2v) is 6.09. The van der Waals surface area contributed by atoms with Crippen molar-refractivity contribution in [2.24, 2.45) is 0 Å². The summed E-state index contributed by atoms with van der Waals surface area (Å²) in [5, 5.41) is 11.2. The normalized spacial score (nSPS) is 10.7. The SMILES string of the molecule is O=C(O)CCc1c(OCCCc2ccccc2)ccc2ccccc12. The molecule has 1 N–H and O–H groups in total. The van der Waals surface area contributed by atoms with E-state index in [2.05, 4.69) is 12.1 Å². The van der Waals surface area contributed by atoms with Crippen LogP contribution < -0.4 is 4.74 Å². The summed E-state index contributed by atoms with van der Waals surface area (Å²) in [6, 6.07) is 22.4. The third kappa shape index (κ3) is 4.60. The van der Waals surface area contributed by atoms with Gasteiger partial charge < -0.3 is 9.84 Å². The summed E-state index contributed by atoms with van der Waals surface area (Å²) in [6.07, 6.45) is 2.48. The molecule has 3 heteroatoms. The summed E-state index contributed by atoms with van der Waals surface area (Å²) in [5.41, 5.74) is 2.29. The van der Waals surface area contributed by atoms with Gasteiger partial charge in [-0.15, -0.1) is 0 Å². The number of hydrogen-bond donors (Lipinski definition) is 1. The third-order valence-corrected chi connectivity index (χ3v) is 4.30. The van der Waals surface area contributed by atoms with E-state index in [1.165, 1.54) is 5.56 Å². The summed E-state index contributed by atoms with van der Waals surface area (Å²) in [5.74, 6) is 0.0102. The molecule has 0 aliphatic rings. The van der Waals surface area contributed by atoms with Crippen LogP contribution in [0.15, 0.2) is 66.7 Å². The molecule has 0 radical (unpaired) electrons. The van der Waals surface area contributed by atoms with E-state index < -0.39 is 5.97 Å². The minimum atomic E-state index is -0.789. The van der Waals surface area contributed by atoms with Crippen molar-refractivity contribution in [1.82, 2.24) is 0 Å². The van der Waals surface area contributed by atoms with Gasteiger partial charge >= 0.3 is 5.97 Å². The number of aliphatic carboxylic acids is 1. The molecular formula is C22H22O3. The number of hydrogen-bond acceptors (Lipinski definition) is 2. The highest BCUT2D eigenvalue weighted by Gasteiger charge is 2.10. The van der Waals surface area contributed by atoms with Gasteiger partial charge in [-0.25, -0.2) is 0 Å². The monoisotopic (exact) mass is 334 g/mol. The number of benzene rings is 3. The summed E-state index contributed by atoms with van der Waals surface area (Å²) in [6.45, 7) is 0.618. The predicted octanol–water partition coefficient (Wildman–Crippen LogP) is 4.87. The van der Waals surface area contributed by atoms with Gasteiger partial charge in [0.05, 0.1) is 6.61 Å². The molecule has 0 spiro atoms. The zero-order valence-electron chi connectivity index (χ0n) is 14.2. The molecule has 0 atom stereocenters. The lowest BCUT2D eigenvalue weighted by atomic mass is 9.99. The molecule has 0 aromatic heterocycles. The van der Waals surface area contributed by atoms with Crippen molar-refractivity contribution in [2.45, 2.75) is 25.7 Å². The Balaban J connectivity index is 1.71. The Labute approximate surface area is 147 Å². The Morgan fingerprint density at radius 1 is 0.880 bits per heavy atom. The number of aryl methyl sites for hydroxylation is 2. The van der Waals surface area contributed by atoms with E-state index in [1.54, 1.807) is 0 Å². The fraction of sp³-hybridized carbons (Fsp3) is 0.227. The predicted molar refractivity (Wildman–Crippen MR) is 100 cm³/mol. The zero-order chi connectivity index (χ0) is 17.5. The molecule has 0 heterocycles. The average molecular weight is 334 g/mol. The largest absolute Gasteiger partial charge is 0.493 e. The Kier molecular flexibility index (Phi) is 5.68. The van der Waals surface area contributed by atoms with Gasteiger partial charge in [0.25, 0.3) is 0 Å². The van der Waals surface area contributed by atoms with Crippen LogP contribution in [0.4, 0.5) is 0 Å². The topological polar surface area (TPSA) is 46.5 Å². The van der Waals surface area contributed by atoms with Gasteiger partial charge in [0.2, 0.25) is 0 Å². The highest BCUT2D eigenvalue weighted by Crippen LogP contribution is 2.29. The van der Waals surface area contributed by atoms with Gasteiger partial charge in [0.15, 0.2) is 0 Å². The molecule has 3 nitrogen and oxygen atoms in total. The maximum Gasteiger partial charge on any atom is 0.303 e. The first-order valence-electron chi connectivity index (χ1n) is 8.63. The molecule has 0 fully saturated rings. The second kappa shape index (κ2) is 8.34. The van der Waals surface area contributed by atoms with Crippen molar-refractivity contribution < 1.29 is 14.6 Å². The molecule has 0 unspecified atom stereocenters. The van der Waals surface area contributed by atoms with Crippen LogP contribution in [0.2, 0.25) is 0 Å². The lowest BCUT2D eigenvalue weighted by molar-refractivity contribution is -0.136. The van der Waals surface area contributed by atoms with Crippen LogP contribution in [0, 0.1) is 0 Å². The minimum Gasteiger partial charge on any atom is -0.493 e. The van der Waals surface area contributed by atoms with Gasteiger partial charge in [0, 0.05) is 12.0 Å². The molecule has 3 rings (SSSR count). The molecule has 0 amide bonds. The van der Waals surface area contributed by atoms with Crippen LogP contribution in [-0.2, 0) is 17.6 Å². The standard InChI is InChI=1S/C22H22O3/c23-22(24)15-13-20-19-11-5-4-10-18(19)12-14-21(20)25-16-6-9-17-7-2-1-3-8-17/h1-5,7-8,10-12,14H,6,9,13,15-16H2,(H,23,24). The Hall–Kier alpha value is -2.81. The first kappa shape index (κ1) is 17.0. The molecule has 0 aliphatic carbocycles. The van der Waals surface area contributed by atoms with Crippen LogP contribution >= 0.6 is 0 Å². The number of carboxylic acids is 1. The van der Waals surface area contributed by atoms with Crippen molar-refractivity contribution in [1.29, 1.82) is 0 Å². The van der Waals surface area contributed by atoms with Crippen molar-refractivity contribution in [3.63, 3.8) is 0 Å². The molecule has 0 saturated carbocycles. The molecular weight excluding hydrogens is 312 g/mol. The van der Waals surface area contributed by atoms with Crippen LogP contribution in [0.5, 0.6) is 5.75 Å². The van der Waals surface area contributed by atoms with E-state index >= 15 is 0 Å². The van der Waals surface area contributed by atoms with E-state index in [4.69, 9.17) is 9.84 Å². The number of ether oxygens (including phenoxy) is 1. The van der Waals surface area contributed by atoms with Crippen molar-refractivity contribution in [3.8, 4) is 5.75 Å². The van der Waals surface area contributed by atoms with E-state index in [9.17, 15) is 4.79 Å². The highest BCUT2D eigenvalue weighted by molar-refractivity contribution is 5.88. The van der Waals surface area contributed by atoms with Gasteiger partial charge in [-0.05, 0) is 41.7 Å². The first-order chi connectivity index (χ1) is 12.2. The Morgan fingerprint density at radius 3 is 2.44 bits per heavy atom. The van der Waals surface area contributed by atoms with Crippen LogP contribution in [0.25, 0.3) is 10.8 Å². The highest BCUT2D eigenvalue weighted by atomic mass is 16.5. The zero-order valence-corrected chi connectivity index (χ0v) is 14.2. The number of carbonyl (C=O) groups is 1. The minimum absolute atomic E-state index is 0.106. The van der Waals surface area contributed by atoms with E-state index in [0.717, 1.165) is 34.9 Å². The second-order valence-electron chi connectivity index (χ2n) is 6.09. The molecule has 25 heavy (non-hydrogen) atoms. The molecule has 0 aliphatic heterocycles. The van der Waals surface area contributed by atoms with Crippen LogP contribution in [0.3, 0.4) is 0 Å². The van der Waals surface area contributed by atoms with Crippen molar-refractivity contribution in [3.05, 3.63) is 77.9 Å². The molecule has 128 valence electrons. The molecule has 0 saturated heterocycles. The van der Waals surface area contributed by atoms with Gasteiger partial charge in [-0.3, -0.25) is 4.79 Å². The van der Waals surface area contributed by atoms with Gasteiger partial charge in [-0.2, -0.15) is 0 Å². The summed E-state index contributed by atoms with van der Waals surface area (Å²) in [4.78, 5) is 11.0. The lowest BCUT2D eigenvalue weighted by Gasteiger charge is -2.14. The van der Waals surface area contributed by atoms with Crippen molar-refractivity contribution >= 4 is 16.7 Å². The maximum atomic E-state index is 11.0. The van der Waals surface area contributed by atoms with E-state index in [0.29, 0.717) is 13.0 Å². The third-order valence-electron chi connectivity index (χ3n) is 4.30. The van der Waals surface area contributed by atoms with E-state index in [1.807, 2.05) is 54.6 Å². The van der Waals surface area contributed by atoms with Crippen LogP contribution in [-0.4, -0.2) is 17.7 Å². The maximum absolute atomic E-state index is 11.0. The van der Waals surface area contributed by atoms with Gasteiger partial charge in [-0.1, -0.05) is 60.7 Å². The summed E-state index contributed by atoms with van der Waals surface area (Å²) >= 11 is 0. The van der Waals surface area contributed by atoms with Crippen LogP contribution in [0.1, 0.15) is 24.0 Å². The fourth-order valence-corrected chi connectivity index (χ4v) is 3.04. The molecule has 0 bridgehead atoms. The Bertz CT molecular complexity index is 840. The number of carboxylic acid groups (broad SMARTS) is 1. The Morgan fingerprint density at radius 2 is 1.64 bits per heavy atom. The summed E-state index contributed by atoms with van der Waals surface area (Å²) < 4.78 is 6.01. The summed E-state index contributed by atoms with van der Waals surface area (Å²) in [7, 11) is 0. The first-order valence-corrected chi connectivity index (χ1v) is 8.63. The fourth-order valence-electron chi connectivity index (χ4n) is 3.04. The smallest absolute Gasteiger partial charge is 0.303 e. The van der Waals surface area contributed by atoms with Gasteiger partial charge in [0.1, 0.15) is 5.75 Å². The molecule has 3 aromatic carbocycles. The quantitative estimate of drug-likeness (QED) is 0.598. The van der Waals surface area contributed by atoms with Crippen molar-refractivity contribution in [2.75, 3.05) is 6.61 Å². The molecule has 3 aromatic rings. The lowest BCUT2D eigenvalue weighted by Crippen LogP contribution is -2.04. The average Bonchev–Trinajstić information content (AvgIpc) is 2.64. The van der Waals surface area contributed by atoms with E-state index in [-0.39, 0.29) is 6.42 Å².